The molecule has 0 saturated heterocycles. The molecule has 7 rings (SSSR count). The third-order valence-electron chi connectivity index (χ3n) is 9.07. The highest BCUT2D eigenvalue weighted by molar-refractivity contribution is 5.81. The van der Waals surface area contributed by atoms with E-state index in [2.05, 4.69) is 201 Å². The van der Waals surface area contributed by atoms with Crippen LogP contribution in [0.1, 0.15) is 27.8 Å². The summed E-state index contributed by atoms with van der Waals surface area (Å²) in [5.41, 5.74) is 14.5. The largest absolute Gasteiger partial charge is 0.311 e. The minimum Gasteiger partial charge on any atom is -0.311 e. The van der Waals surface area contributed by atoms with Crippen LogP contribution in [0.3, 0.4) is 0 Å². The molecule has 0 aliphatic rings. The van der Waals surface area contributed by atoms with Crippen LogP contribution in [-0.2, 0) is 0 Å². The Morgan fingerprint density at radius 3 is 0.717 bits per heavy atom. The van der Waals surface area contributed by atoms with Crippen LogP contribution in [0.5, 0.6) is 0 Å². The fourth-order valence-electron chi connectivity index (χ4n) is 6.07. The Kier molecular flexibility index (Phi) is 11.8. The van der Waals surface area contributed by atoms with E-state index < -0.39 is 0 Å². The fraction of sp³-hybridized carbons (Fsp3) is 0.0196. The highest BCUT2D eigenvalue weighted by Crippen LogP contribution is 2.38. The molecule has 0 atom stereocenters. The van der Waals surface area contributed by atoms with E-state index in [1.807, 2.05) is 42.5 Å². The van der Waals surface area contributed by atoms with Crippen molar-refractivity contribution in [3.05, 3.63) is 230 Å². The standard InChI is InChI=1S/C44H36N2.C7H8/c1-5-33-9-21-39(22-10-33)45(40-23-11-34(6-2)12-24-40)43-29-17-37(18-30-43)38-19-31-44(32-20-38)46(41-25-13-35(7-3)14-26-41)42-27-15-36(8-4)16-28-42;1-7-5-3-2-4-6-7/h5-32H,1-4H2;2-6H,1H3. The average molecular weight is 685 g/mol. The van der Waals surface area contributed by atoms with Gasteiger partial charge in [0, 0.05) is 34.1 Å². The molecule has 7 aromatic carbocycles. The summed E-state index contributed by atoms with van der Waals surface area (Å²) >= 11 is 0. The Labute approximate surface area is 315 Å². The molecule has 0 spiro atoms. The molecule has 2 heteroatoms. The number of benzene rings is 7. The third-order valence-corrected chi connectivity index (χ3v) is 9.07. The summed E-state index contributed by atoms with van der Waals surface area (Å²) in [7, 11) is 0. The third kappa shape index (κ3) is 8.89. The van der Waals surface area contributed by atoms with Crippen LogP contribution in [-0.4, -0.2) is 0 Å². The Morgan fingerprint density at radius 2 is 0.528 bits per heavy atom. The summed E-state index contributed by atoms with van der Waals surface area (Å²) in [5, 5.41) is 0. The first-order valence-corrected chi connectivity index (χ1v) is 17.7. The summed E-state index contributed by atoms with van der Waals surface area (Å²) in [6.07, 6.45) is 7.46. The van der Waals surface area contributed by atoms with E-state index in [-0.39, 0.29) is 0 Å². The molecule has 0 bridgehead atoms. The summed E-state index contributed by atoms with van der Waals surface area (Å²) < 4.78 is 0. The topological polar surface area (TPSA) is 6.48 Å². The molecular weight excluding hydrogens is 641 g/mol. The summed E-state index contributed by atoms with van der Waals surface area (Å²) in [4.78, 5) is 4.53. The Morgan fingerprint density at radius 1 is 0.302 bits per heavy atom. The first-order valence-electron chi connectivity index (χ1n) is 17.7. The molecule has 0 aromatic heterocycles. The van der Waals surface area contributed by atoms with Crippen LogP contribution < -0.4 is 9.80 Å². The van der Waals surface area contributed by atoms with Gasteiger partial charge in [-0.05, 0) is 113 Å². The van der Waals surface area contributed by atoms with Crippen LogP contribution in [0.15, 0.2) is 202 Å². The molecule has 0 aliphatic carbocycles. The van der Waals surface area contributed by atoms with Gasteiger partial charge in [0.25, 0.3) is 0 Å². The van der Waals surface area contributed by atoms with Crippen LogP contribution in [0.4, 0.5) is 34.1 Å². The van der Waals surface area contributed by atoms with E-state index in [4.69, 9.17) is 0 Å². The molecule has 0 amide bonds. The molecule has 0 unspecified atom stereocenters. The lowest BCUT2D eigenvalue weighted by molar-refractivity contribution is 1.28. The molecule has 0 aliphatic heterocycles. The Balaban J connectivity index is 0.000000616. The molecule has 258 valence electrons. The van der Waals surface area contributed by atoms with Gasteiger partial charge in [0.15, 0.2) is 0 Å². The van der Waals surface area contributed by atoms with Gasteiger partial charge in [-0.1, -0.05) is 159 Å². The number of hydrogen-bond acceptors (Lipinski definition) is 2. The number of aryl methyl sites for hydroxylation is 1. The van der Waals surface area contributed by atoms with Crippen molar-refractivity contribution in [1.82, 2.24) is 0 Å². The summed E-state index contributed by atoms with van der Waals surface area (Å²) in [6.45, 7) is 17.7. The van der Waals surface area contributed by atoms with E-state index in [1.54, 1.807) is 0 Å². The van der Waals surface area contributed by atoms with Crippen molar-refractivity contribution in [3.8, 4) is 11.1 Å². The van der Waals surface area contributed by atoms with E-state index in [0.717, 1.165) is 67.5 Å². The quantitative estimate of drug-likeness (QED) is 0.134. The predicted molar refractivity (Wildman–Crippen MR) is 233 cm³/mol. The second kappa shape index (κ2) is 17.4. The van der Waals surface area contributed by atoms with Gasteiger partial charge in [-0.15, -0.1) is 0 Å². The highest BCUT2D eigenvalue weighted by atomic mass is 15.1. The molecule has 2 nitrogen and oxygen atoms in total. The highest BCUT2D eigenvalue weighted by Gasteiger charge is 2.15. The maximum atomic E-state index is 3.91. The first kappa shape index (κ1) is 35.9. The summed E-state index contributed by atoms with van der Waals surface area (Å²) in [5.74, 6) is 0. The molecular formula is C51H44N2. The lowest BCUT2D eigenvalue weighted by atomic mass is 10.0. The van der Waals surface area contributed by atoms with Gasteiger partial charge in [-0.2, -0.15) is 0 Å². The van der Waals surface area contributed by atoms with Crippen LogP contribution in [0.2, 0.25) is 0 Å². The van der Waals surface area contributed by atoms with Gasteiger partial charge >= 0.3 is 0 Å². The zero-order valence-corrected chi connectivity index (χ0v) is 30.3. The zero-order valence-electron chi connectivity index (χ0n) is 30.3. The number of rotatable bonds is 11. The molecule has 53 heavy (non-hydrogen) atoms. The Bertz CT molecular complexity index is 1990. The normalized spacial score (nSPS) is 10.3. The predicted octanol–water partition coefficient (Wildman–Crippen LogP) is 14.9. The fourth-order valence-corrected chi connectivity index (χ4v) is 6.07. The minimum absolute atomic E-state index is 1.08. The van der Waals surface area contributed by atoms with Crippen molar-refractivity contribution in [2.45, 2.75) is 6.92 Å². The van der Waals surface area contributed by atoms with E-state index in [0.29, 0.717) is 0 Å². The van der Waals surface area contributed by atoms with Gasteiger partial charge in [-0.25, -0.2) is 0 Å². The molecule has 0 N–H and O–H groups in total. The van der Waals surface area contributed by atoms with E-state index in [9.17, 15) is 0 Å². The van der Waals surface area contributed by atoms with E-state index >= 15 is 0 Å². The van der Waals surface area contributed by atoms with E-state index in [1.165, 1.54) is 5.56 Å². The van der Waals surface area contributed by atoms with Crippen molar-refractivity contribution in [1.29, 1.82) is 0 Å². The van der Waals surface area contributed by atoms with Gasteiger partial charge in [0.05, 0.1) is 0 Å². The number of hydrogen-bond donors (Lipinski definition) is 0. The molecule has 0 heterocycles. The number of nitrogens with zero attached hydrogens (tertiary/aromatic N) is 2. The molecule has 0 fully saturated rings. The lowest BCUT2D eigenvalue weighted by Crippen LogP contribution is -2.10. The van der Waals surface area contributed by atoms with Gasteiger partial charge in [0.1, 0.15) is 0 Å². The Hall–Kier alpha value is -6.90. The van der Waals surface area contributed by atoms with Crippen LogP contribution in [0.25, 0.3) is 35.4 Å². The van der Waals surface area contributed by atoms with Crippen LogP contribution in [0, 0.1) is 6.92 Å². The van der Waals surface area contributed by atoms with Crippen molar-refractivity contribution in [2.75, 3.05) is 9.80 Å². The monoisotopic (exact) mass is 684 g/mol. The minimum atomic E-state index is 1.08. The zero-order chi connectivity index (χ0) is 37.0. The van der Waals surface area contributed by atoms with Gasteiger partial charge in [-0.3, -0.25) is 0 Å². The van der Waals surface area contributed by atoms with Crippen molar-refractivity contribution >= 4 is 58.4 Å². The van der Waals surface area contributed by atoms with Crippen molar-refractivity contribution in [3.63, 3.8) is 0 Å². The second-order valence-corrected chi connectivity index (χ2v) is 12.6. The van der Waals surface area contributed by atoms with Gasteiger partial charge < -0.3 is 9.80 Å². The molecule has 0 saturated carbocycles. The van der Waals surface area contributed by atoms with Crippen molar-refractivity contribution < 1.29 is 0 Å². The number of anilines is 6. The van der Waals surface area contributed by atoms with Crippen LogP contribution >= 0.6 is 0 Å². The summed E-state index contributed by atoms with van der Waals surface area (Å²) in [6, 6.07) is 61.5. The maximum absolute atomic E-state index is 3.91. The first-order chi connectivity index (χ1) is 26.0. The van der Waals surface area contributed by atoms with Crippen molar-refractivity contribution in [2.24, 2.45) is 0 Å². The SMILES string of the molecule is C=Cc1ccc(N(c2ccc(C=C)cc2)c2ccc(-c3ccc(N(c4ccc(C=C)cc4)c4ccc(C=C)cc4)cc3)cc2)cc1.Cc1ccccc1. The maximum Gasteiger partial charge on any atom is 0.0462 e. The molecule has 0 radical (unpaired) electrons. The average Bonchev–Trinajstić information content (AvgIpc) is 3.23. The molecule has 7 aromatic rings. The van der Waals surface area contributed by atoms with Gasteiger partial charge in [0.2, 0.25) is 0 Å². The lowest BCUT2D eigenvalue weighted by Gasteiger charge is -2.26. The second-order valence-electron chi connectivity index (χ2n) is 12.6. The smallest absolute Gasteiger partial charge is 0.0462 e.